The molecule has 29 heavy (non-hydrogen) atoms. The summed E-state index contributed by atoms with van der Waals surface area (Å²) in [7, 11) is 0. The third-order valence-electron chi connectivity index (χ3n) is 6.64. The molecular formula is C22H30N4O3. The lowest BCUT2D eigenvalue weighted by molar-refractivity contribution is -0.135. The number of urea groups is 1. The second-order valence-electron chi connectivity index (χ2n) is 8.73. The van der Waals surface area contributed by atoms with E-state index in [2.05, 4.69) is 24.1 Å². The van der Waals surface area contributed by atoms with Crippen LogP contribution in [0.1, 0.15) is 49.9 Å². The van der Waals surface area contributed by atoms with E-state index in [1.807, 2.05) is 18.2 Å². The van der Waals surface area contributed by atoms with E-state index in [0.29, 0.717) is 37.5 Å². The molecule has 3 fully saturated rings. The molecule has 0 aliphatic carbocycles. The minimum atomic E-state index is -0.856. The van der Waals surface area contributed by atoms with E-state index in [1.165, 1.54) is 4.90 Å². The lowest BCUT2D eigenvalue weighted by Gasteiger charge is -2.40. The van der Waals surface area contributed by atoms with Gasteiger partial charge in [-0.1, -0.05) is 18.2 Å². The van der Waals surface area contributed by atoms with Crippen LogP contribution in [0, 0.1) is 0 Å². The molecule has 0 aromatic heterocycles. The number of carbonyl (C=O) groups is 3. The molecule has 7 heteroatoms. The lowest BCUT2D eigenvalue weighted by atomic mass is 9.86. The van der Waals surface area contributed by atoms with E-state index < -0.39 is 5.54 Å². The number of amides is 4. The normalized spacial score (nSPS) is 25.0. The fraction of sp³-hybridized carbons (Fsp3) is 0.591. The number of hydrogen-bond acceptors (Lipinski definition) is 4. The number of nitrogens with zero attached hydrogens (tertiary/aromatic N) is 3. The van der Waals surface area contributed by atoms with Crippen molar-refractivity contribution in [1.82, 2.24) is 20.0 Å². The highest BCUT2D eigenvalue weighted by Gasteiger charge is 2.54. The number of likely N-dealkylation sites (tertiary alicyclic amines) is 2. The van der Waals surface area contributed by atoms with Gasteiger partial charge in [0, 0.05) is 31.2 Å². The smallest absolute Gasteiger partial charge is 0.325 e. The first-order valence-electron chi connectivity index (χ1n) is 10.7. The molecule has 1 aromatic carbocycles. The summed E-state index contributed by atoms with van der Waals surface area (Å²) in [5.41, 5.74) is -0.201. The Morgan fingerprint density at radius 3 is 2.45 bits per heavy atom. The average Bonchev–Trinajstić information content (AvgIpc) is 2.98. The summed E-state index contributed by atoms with van der Waals surface area (Å²) in [6.45, 7) is 6.99. The second-order valence-corrected chi connectivity index (χ2v) is 8.73. The van der Waals surface area contributed by atoms with E-state index in [-0.39, 0.29) is 23.9 Å². The molecule has 0 unspecified atom stereocenters. The fourth-order valence-corrected chi connectivity index (χ4v) is 4.83. The number of rotatable bonds is 3. The van der Waals surface area contributed by atoms with E-state index >= 15 is 0 Å². The van der Waals surface area contributed by atoms with Crippen molar-refractivity contribution < 1.29 is 14.4 Å². The van der Waals surface area contributed by atoms with Crippen LogP contribution in [-0.2, 0) is 4.79 Å². The van der Waals surface area contributed by atoms with Crippen molar-refractivity contribution in [3.63, 3.8) is 0 Å². The highest BCUT2D eigenvalue weighted by molar-refractivity contribution is 6.07. The molecule has 1 spiro atoms. The molecule has 1 atom stereocenters. The summed E-state index contributed by atoms with van der Waals surface area (Å²) in [5, 5.41) is 2.99. The van der Waals surface area contributed by atoms with E-state index in [0.717, 1.165) is 25.9 Å². The van der Waals surface area contributed by atoms with E-state index in [9.17, 15) is 14.4 Å². The van der Waals surface area contributed by atoms with Gasteiger partial charge >= 0.3 is 6.03 Å². The van der Waals surface area contributed by atoms with Crippen LogP contribution in [0.2, 0.25) is 0 Å². The number of piperidine rings is 2. The molecule has 0 radical (unpaired) electrons. The van der Waals surface area contributed by atoms with E-state index in [4.69, 9.17) is 0 Å². The van der Waals surface area contributed by atoms with Gasteiger partial charge in [0.15, 0.2) is 0 Å². The van der Waals surface area contributed by atoms with Crippen LogP contribution in [0.4, 0.5) is 4.79 Å². The van der Waals surface area contributed by atoms with Gasteiger partial charge in [0.05, 0.1) is 6.04 Å². The van der Waals surface area contributed by atoms with Gasteiger partial charge in [0.2, 0.25) is 0 Å². The second kappa shape index (κ2) is 7.78. The minimum Gasteiger partial charge on any atom is -0.338 e. The largest absolute Gasteiger partial charge is 0.338 e. The number of carbonyl (C=O) groups excluding carboxylic acids is 3. The molecule has 0 saturated carbocycles. The molecule has 1 N–H and O–H groups in total. The topological polar surface area (TPSA) is 73.0 Å². The molecule has 4 amide bonds. The van der Waals surface area contributed by atoms with Crippen molar-refractivity contribution in [2.45, 2.75) is 57.2 Å². The van der Waals surface area contributed by atoms with Gasteiger partial charge in [0.1, 0.15) is 5.54 Å². The molecule has 0 bridgehead atoms. The van der Waals surface area contributed by atoms with Crippen molar-refractivity contribution in [1.29, 1.82) is 0 Å². The van der Waals surface area contributed by atoms with Crippen molar-refractivity contribution in [3.05, 3.63) is 35.9 Å². The monoisotopic (exact) mass is 398 g/mol. The van der Waals surface area contributed by atoms with Crippen LogP contribution in [0.25, 0.3) is 0 Å². The first-order chi connectivity index (χ1) is 13.9. The zero-order valence-electron chi connectivity index (χ0n) is 17.3. The quantitative estimate of drug-likeness (QED) is 0.792. The molecule has 3 saturated heterocycles. The third-order valence-corrected chi connectivity index (χ3v) is 6.64. The van der Waals surface area contributed by atoms with Crippen LogP contribution < -0.4 is 5.32 Å². The molecule has 4 rings (SSSR count). The number of benzene rings is 1. The predicted molar refractivity (Wildman–Crippen MR) is 109 cm³/mol. The Morgan fingerprint density at radius 1 is 1.10 bits per heavy atom. The summed E-state index contributed by atoms with van der Waals surface area (Å²) in [4.78, 5) is 44.4. The van der Waals surface area contributed by atoms with Crippen molar-refractivity contribution >= 4 is 17.8 Å². The summed E-state index contributed by atoms with van der Waals surface area (Å²) >= 11 is 0. The number of hydrogen-bond donors (Lipinski definition) is 1. The Balaban J connectivity index is 1.43. The van der Waals surface area contributed by atoms with Crippen LogP contribution in [0.3, 0.4) is 0 Å². The van der Waals surface area contributed by atoms with Gasteiger partial charge in [-0.2, -0.15) is 0 Å². The highest BCUT2D eigenvalue weighted by Crippen LogP contribution is 2.33. The van der Waals surface area contributed by atoms with Crippen molar-refractivity contribution in [2.24, 2.45) is 0 Å². The summed E-state index contributed by atoms with van der Waals surface area (Å²) < 4.78 is 0. The molecule has 3 aliphatic rings. The Labute approximate surface area is 172 Å². The molecule has 3 heterocycles. The number of imide groups is 1. The van der Waals surface area contributed by atoms with Gasteiger partial charge in [0.25, 0.3) is 11.8 Å². The Kier molecular flexibility index (Phi) is 5.34. The first-order valence-corrected chi connectivity index (χ1v) is 10.7. The fourth-order valence-electron chi connectivity index (χ4n) is 4.83. The van der Waals surface area contributed by atoms with Gasteiger partial charge in [-0.05, 0) is 58.2 Å². The molecular weight excluding hydrogens is 368 g/mol. The lowest BCUT2D eigenvalue weighted by Crippen LogP contribution is -2.57. The Hall–Kier alpha value is -2.41. The zero-order valence-corrected chi connectivity index (χ0v) is 17.3. The standard InChI is InChI=1S/C22H30N4O3/c1-16(2)25-12-6-9-18(15-25)26-20(28)22(23-21(26)29)10-13-24(14-11-22)19(27)17-7-4-3-5-8-17/h3-5,7-8,16,18H,6,9-15H2,1-2H3,(H,23,29)/t18-/m0/s1. The third kappa shape index (κ3) is 3.64. The van der Waals surface area contributed by atoms with Crippen LogP contribution in [0.5, 0.6) is 0 Å². The molecule has 1 aromatic rings. The minimum absolute atomic E-state index is 0.0195. The van der Waals surface area contributed by atoms with Gasteiger partial charge in [-0.15, -0.1) is 0 Å². The van der Waals surface area contributed by atoms with Crippen LogP contribution >= 0.6 is 0 Å². The molecule has 7 nitrogen and oxygen atoms in total. The maximum absolute atomic E-state index is 13.3. The average molecular weight is 399 g/mol. The van der Waals surface area contributed by atoms with Gasteiger partial charge < -0.3 is 10.2 Å². The Bertz CT molecular complexity index is 787. The maximum Gasteiger partial charge on any atom is 0.325 e. The first kappa shape index (κ1) is 19.9. The van der Waals surface area contributed by atoms with Crippen molar-refractivity contribution in [2.75, 3.05) is 26.2 Å². The molecule has 156 valence electrons. The van der Waals surface area contributed by atoms with Crippen LogP contribution in [-0.4, -0.2) is 76.3 Å². The predicted octanol–water partition coefficient (Wildman–Crippen LogP) is 2.09. The highest BCUT2D eigenvalue weighted by atomic mass is 16.2. The molecule has 3 aliphatic heterocycles. The van der Waals surface area contributed by atoms with Gasteiger partial charge in [-0.3, -0.25) is 19.4 Å². The summed E-state index contributed by atoms with van der Waals surface area (Å²) in [5.74, 6) is -0.126. The zero-order chi connectivity index (χ0) is 20.6. The Morgan fingerprint density at radius 2 is 1.79 bits per heavy atom. The summed E-state index contributed by atoms with van der Waals surface area (Å²) in [6, 6.07) is 9.26. The summed E-state index contributed by atoms with van der Waals surface area (Å²) in [6.07, 6.45) is 2.78. The number of nitrogens with one attached hydrogen (secondary N) is 1. The van der Waals surface area contributed by atoms with Gasteiger partial charge in [-0.25, -0.2) is 4.79 Å². The van der Waals surface area contributed by atoms with E-state index in [1.54, 1.807) is 17.0 Å². The SMILES string of the molecule is CC(C)N1CCC[C@H](N2C(=O)NC3(CCN(C(=O)c4ccccc4)CC3)C2=O)C1. The maximum atomic E-state index is 13.3. The van der Waals surface area contributed by atoms with Crippen LogP contribution in [0.15, 0.2) is 30.3 Å². The van der Waals surface area contributed by atoms with Crippen molar-refractivity contribution in [3.8, 4) is 0 Å².